The molecule has 0 bridgehead atoms. The summed E-state index contributed by atoms with van der Waals surface area (Å²) in [6.07, 6.45) is 4.31. The average Bonchev–Trinajstić information content (AvgIpc) is 3.41. The van der Waals surface area contributed by atoms with E-state index in [1.54, 1.807) is 21.8 Å². The van der Waals surface area contributed by atoms with Gasteiger partial charge in [-0.3, -0.25) is 14.3 Å². The van der Waals surface area contributed by atoms with Gasteiger partial charge in [0.15, 0.2) is 5.82 Å². The summed E-state index contributed by atoms with van der Waals surface area (Å²) in [5.41, 5.74) is 0. The van der Waals surface area contributed by atoms with Crippen LogP contribution in [0, 0.1) is 5.92 Å². The molecule has 4 rings (SSSR count). The Hall–Kier alpha value is -3.65. The average molecular weight is 463 g/mol. The molecule has 1 aromatic heterocycles. The van der Waals surface area contributed by atoms with Gasteiger partial charge >= 0.3 is 0 Å². The molecule has 34 heavy (non-hydrogen) atoms. The van der Waals surface area contributed by atoms with E-state index in [0.29, 0.717) is 36.7 Å². The van der Waals surface area contributed by atoms with E-state index in [0.717, 1.165) is 10.8 Å². The quantitative estimate of drug-likeness (QED) is 0.480. The first-order valence-electron chi connectivity index (χ1n) is 11.6. The molecule has 1 aliphatic rings. The highest BCUT2D eigenvalue weighted by molar-refractivity contribution is 6.00. The molecule has 0 saturated carbocycles. The van der Waals surface area contributed by atoms with Gasteiger partial charge in [0.2, 0.25) is 5.91 Å². The summed E-state index contributed by atoms with van der Waals surface area (Å²) < 4.78 is 7.78. The van der Waals surface area contributed by atoms with Crippen LogP contribution in [0.25, 0.3) is 10.8 Å². The van der Waals surface area contributed by atoms with E-state index in [2.05, 4.69) is 10.4 Å². The fourth-order valence-corrected chi connectivity index (χ4v) is 4.08. The Morgan fingerprint density at radius 3 is 2.76 bits per heavy atom. The minimum absolute atomic E-state index is 0.0747. The number of hydrogen-bond donors (Lipinski definition) is 2. The van der Waals surface area contributed by atoms with Crippen LogP contribution in [-0.4, -0.2) is 50.8 Å². The van der Waals surface area contributed by atoms with Crippen LogP contribution in [0.1, 0.15) is 26.7 Å². The van der Waals surface area contributed by atoms with Crippen LogP contribution < -0.4 is 10.1 Å². The monoisotopic (exact) mass is 462 g/mol. The van der Waals surface area contributed by atoms with E-state index in [4.69, 9.17) is 9.84 Å². The first-order valence-corrected chi connectivity index (χ1v) is 11.6. The third kappa shape index (κ3) is 5.46. The molecule has 2 N–H and O–H groups in total. The lowest BCUT2D eigenvalue weighted by Crippen LogP contribution is -2.46. The Morgan fingerprint density at radius 1 is 1.18 bits per heavy atom. The van der Waals surface area contributed by atoms with Crippen LogP contribution in [0.5, 0.6) is 5.75 Å². The second-order valence-electron chi connectivity index (χ2n) is 8.83. The minimum Gasteiger partial charge on any atom is -0.459 e. The number of aliphatic hydroxyl groups is 1. The molecule has 2 heterocycles. The summed E-state index contributed by atoms with van der Waals surface area (Å²) >= 11 is 0. The smallest absolute Gasteiger partial charge is 0.251 e. The molecule has 0 radical (unpaired) electrons. The molecule has 8 heteroatoms. The van der Waals surface area contributed by atoms with Crippen molar-refractivity contribution in [3.05, 3.63) is 66.6 Å². The molecule has 3 aromatic rings. The second kappa shape index (κ2) is 10.5. The summed E-state index contributed by atoms with van der Waals surface area (Å²) in [5.74, 6) is 1.28. The molecule has 178 valence electrons. The molecule has 0 spiro atoms. The normalized spacial score (nSPS) is 14.5. The number of ether oxygens (including phenoxy) is 1. The summed E-state index contributed by atoms with van der Waals surface area (Å²) in [6, 6.07) is 14.8. The van der Waals surface area contributed by atoms with Crippen LogP contribution in [-0.2, 0) is 16.1 Å². The molecule has 0 fully saturated rings. The Kier molecular flexibility index (Phi) is 7.27. The Balaban J connectivity index is 1.47. The van der Waals surface area contributed by atoms with Crippen molar-refractivity contribution in [1.82, 2.24) is 14.7 Å². The zero-order valence-electron chi connectivity index (χ0n) is 19.5. The Bertz CT molecular complexity index is 1190. The largest absolute Gasteiger partial charge is 0.459 e. The molecule has 8 nitrogen and oxygen atoms in total. The van der Waals surface area contributed by atoms with Crippen molar-refractivity contribution in [3.8, 4) is 5.75 Å². The van der Waals surface area contributed by atoms with Gasteiger partial charge in [0.05, 0.1) is 6.54 Å². The maximum atomic E-state index is 13.2. The van der Waals surface area contributed by atoms with Crippen LogP contribution in [0.15, 0.2) is 66.6 Å². The number of aliphatic hydroxyl groups excluding tert-OH is 1. The Morgan fingerprint density at radius 2 is 1.97 bits per heavy atom. The van der Waals surface area contributed by atoms with Crippen molar-refractivity contribution in [2.24, 2.45) is 5.92 Å². The highest BCUT2D eigenvalue weighted by Gasteiger charge is 2.35. The number of carbonyl (C=O) groups excluding carboxylic acids is 2. The van der Waals surface area contributed by atoms with Crippen molar-refractivity contribution in [3.63, 3.8) is 0 Å². The van der Waals surface area contributed by atoms with Gasteiger partial charge in [-0.05, 0) is 30.2 Å². The predicted molar refractivity (Wildman–Crippen MR) is 130 cm³/mol. The van der Waals surface area contributed by atoms with Gasteiger partial charge in [-0.1, -0.05) is 50.2 Å². The number of rotatable bonds is 10. The third-order valence-corrected chi connectivity index (χ3v) is 5.70. The SMILES string of the molecule is CC(C)C[C@@H](C(=O)Nc1ccn(CCCO)n1)N1CC(Oc2cccc3ccccc23)=CC1=O. The fraction of sp³-hybridized carbons (Fsp3) is 0.346. The van der Waals surface area contributed by atoms with Crippen molar-refractivity contribution >= 4 is 28.4 Å². The summed E-state index contributed by atoms with van der Waals surface area (Å²) in [6.45, 7) is 4.89. The third-order valence-electron chi connectivity index (χ3n) is 5.70. The van der Waals surface area contributed by atoms with Gasteiger partial charge in [-0.2, -0.15) is 5.10 Å². The number of carbonyl (C=O) groups is 2. The molecule has 0 unspecified atom stereocenters. The number of aryl methyl sites for hydroxylation is 1. The number of anilines is 1. The number of aromatic nitrogens is 2. The lowest BCUT2D eigenvalue weighted by Gasteiger charge is -2.28. The van der Waals surface area contributed by atoms with E-state index in [9.17, 15) is 9.59 Å². The number of fused-ring (bicyclic) bond motifs is 1. The van der Waals surface area contributed by atoms with Gasteiger partial charge in [0.1, 0.15) is 17.6 Å². The van der Waals surface area contributed by atoms with Crippen LogP contribution in [0.4, 0.5) is 5.82 Å². The molecule has 1 atom stereocenters. The van der Waals surface area contributed by atoms with Crippen LogP contribution in [0.2, 0.25) is 0 Å². The number of hydrogen-bond acceptors (Lipinski definition) is 5. The zero-order valence-corrected chi connectivity index (χ0v) is 19.5. The number of benzene rings is 2. The van der Waals surface area contributed by atoms with Crippen molar-refractivity contribution in [1.29, 1.82) is 0 Å². The molecule has 1 aliphatic heterocycles. The molecule has 0 saturated heterocycles. The molecular weight excluding hydrogens is 432 g/mol. The van der Waals surface area contributed by atoms with Gasteiger partial charge in [0.25, 0.3) is 5.91 Å². The lowest BCUT2D eigenvalue weighted by atomic mass is 10.0. The predicted octanol–water partition coefficient (Wildman–Crippen LogP) is 3.58. The van der Waals surface area contributed by atoms with E-state index >= 15 is 0 Å². The van der Waals surface area contributed by atoms with Gasteiger partial charge in [-0.15, -0.1) is 0 Å². The topological polar surface area (TPSA) is 96.7 Å². The fourth-order valence-electron chi connectivity index (χ4n) is 4.08. The summed E-state index contributed by atoms with van der Waals surface area (Å²) in [4.78, 5) is 27.6. The number of amides is 2. The highest BCUT2D eigenvalue weighted by atomic mass is 16.5. The molecule has 2 amide bonds. The standard InChI is InChI=1S/C26H30N4O4/c1-18(2)15-22(26(33)27-24-11-13-29(28-24)12-6-14-31)30-17-20(16-25(30)32)34-23-10-5-8-19-7-3-4-9-21(19)23/h3-5,7-11,13,16,18,22,31H,6,12,14-15,17H2,1-2H3,(H,27,28,33)/t22-/m0/s1. The first-order chi connectivity index (χ1) is 16.4. The van der Waals surface area contributed by atoms with Crippen LogP contribution >= 0.6 is 0 Å². The molecule has 2 aromatic carbocycles. The zero-order chi connectivity index (χ0) is 24.1. The van der Waals surface area contributed by atoms with Gasteiger partial charge < -0.3 is 20.1 Å². The van der Waals surface area contributed by atoms with E-state index in [1.807, 2.05) is 56.3 Å². The maximum absolute atomic E-state index is 13.2. The van der Waals surface area contributed by atoms with Crippen molar-refractivity contribution < 1.29 is 19.4 Å². The molecular formula is C26H30N4O4. The Labute approximate surface area is 198 Å². The van der Waals surface area contributed by atoms with Crippen molar-refractivity contribution in [2.45, 2.75) is 39.3 Å². The highest BCUT2D eigenvalue weighted by Crippen LogP contribution is 2.29. The van der Waals surface area contributed by atoms with E-state index in [-0.39, 0.29) is 30.9 Å². The van der Waals surface area contributed by atoms with E-state index < -0.39 is 6.04 Å². The lowest BCUT2D eigenvalue weighted by molar-refractivity contribution is -0.133. The second-order valence-corrected chi connectivity index (χ2v) is 8.83. The van der Waals surface area contributed by atoms with Crippen molar-refractivity contribution in [2.75, 3.05) is 18.5 Å². The maximum Gasteiger partial charge on any atom is 0.251 e. The van der Waals surface area contributed by atoms with Crippen LogP contribution in [0.3, 0.4) is 0 Å². The summed E-state index contributed by atoms with van der Waals surface area (Å²) in [5, 5.41) is 18.2. The first kappa shape index (κ1) is 23.5. The number of nitrogens with zero attached hydrogens (tertiary/aromatic N) is 3. The summed E-state index contributed by atoms with van der Waals surface area (Å²) in [7, 11) is 0. The van der Waals surface area contributed by atoms with Gasteiger partial charge in [0, 0.05) is 36.9 Å². The van der Waals surface area contributed by atoms with E-state index in [1.165, 1.54) is 6.08 Å². The van der Waals surface area contributed by atoms with Gasteiger partial charge in [-0.25, -0.2) is 0 Å². The molecule has 0 aliphatic carbocycles. The number of nitrogens with one attached hydrogen (secondary N) is 1. The minimum atomic E-state index is -0.653.